The quantitative estimate of drug-likeness (QED) is 0.586. The third-order valence-corrected chi connectivity index (χ3v) is 3.57. The Labute approximate surface area is 117 Å². The number of thioether (sulfide) groups is 1. The average Bonchev–Trinajstić information content (AvgIpc) is 2.39. The maximum Gasteiger partial charge on any atom is 0.335 e. The van der Waals surface area contributed by atoms with Crippen LogP contribution in [0.15, 0.2) is 18.2 Å². The maximum absolute atomic E-state index is 12.1. The van der Waals surface area contributed by atoms with Gasteiger partial charge in [0.15, 0.2) is 5.78 Å². The number of benzene rings is 1. The van der Waals surface area contributed by atoms with E-state index in [0.29, 0.717) is 23.7 Å². The zero-order valence-electron chi connectivity index (χ0n) is 11.1. The minimum absolute atomic E-state index is 0.0926. The van der Waals surface area contributed by atoms with Crippen molar-refractivity contribution >= 4 is 23.5 Å². The van der Waals surface area contributed by atoms with Crippen LogP contribution in [0.5, 0.6) is 5.75 Å². The van der Waals surface area contributed by atoms with Crippen LogP contribution >= 0.6 is 11.8 Å². The van der Waals surface area contributed by atoms with E-state index in [1.54, 1.807) is 17.8 Å². The Morgan fingerprint density at radius 3 is 2.63 bits per heavy atom. The van der Waals surface area contributed by atoms with E-state index in [4.69, 9.17) is 9.84 Å². The van der Waals surface area contributed by atoms with Crippen LogP contribution < -0.4 is 4.74 Å². The van der Waals surface area contributed by atoms with E-state index in [9.17, 15) is 9.59 Å². The van der Waals surface area contributed by atoms with E-state index in [1.807, 2.05) is 13.8 Å². The molecule has 5 heteroatoms. The van der Waals surface area contributed by atoms with E-state index >= 15 is 0 Å². The summed E-state index contributed by atoms with van der Waals surface area (Å²) in [5.74, 6) is 0.573. The third-order valence-electron chi connectivity index (χ3n) is 2.41. The van der Waals surface area contributed by atoms with Crippen molar-refractivity contribution in [2.45, 2.75) is 20.3 Å². The molecule has 1 N–H and O–H groups in total. The first-order chi connectivity index (χ1) is 9.10. The molecule has 0 amide bonds. The highest BCUT2D eigenvalue weighted by atomic mass is 32.2. The number of carboxylic acids is 1. The minimum Gasteiger partial charge on any atom is -0.493 e. The fourth-order valence-electron chi connectivity index (χ4n) is 1.55. The number of hydrogen-bond donors (Lipinski definition) is 1. The number of ketones is 1. The van der Waals surface area contributed by atoms with Gasteiger partial charge in [0.1, 0.15) is 5.75 Å². The second-order valence-electron chi connectivity index (χ2n) is 3.92. The van der Waals surface area contributed by atoms with Gasteiger partial charge in [0.05, 0.1) is 23.5 Å². The SMILES string of the molecule is CCCSCC(=O)c1cc(C(=O)O)ccc1OCC. The highest BCUT2D eigenvalue weighted by molar-refractivity contribution is 7.99. The summed E-state index contributed by atoms with van der Waals surface area (Å²) in [7, 11) is 0. The zero-order chi connectivity index (χ0) is 14.3. The van der Waals surface area contributed by atoms with Gasteiger partial charge in [-0.25, -0.2) is 4.79 Å². The van der Waals surface area contributed by atoms with Crippen molar-refractivity contribution in [2.75, 3.05) is 18.1 Å². The fourth-order valence-corrected chi connectivity index (χ4v) is 2.32. The Hall–Kier alpha value is -1.49. The molecule has 0 saturated heterocycles. The molecule has 0 saturated carbocycles. The van der Waals surface area contributed by atoms with Gasteiger partial charge in [-0.1, -0.05) is 6.92 Å². The van der Waals surface area contributed by atoms with Crippen LogP contribution in [0.2, 0.25) is 0 Å². The highest BCUT2D eigenvalue weighted by Gasteiger charge is 2.15. The molecular formula is C14H18O4S. The largest absolute Gasteiger partial charge is 0.493 e. The number of carbonyl (C=O) groups is 2. The van der Waals surface area contributed by atoms with E-state index in [0.717, 1.165) is 12.2 Å². The van der Waals surface area contributed by atoms with Crippen LogP contribution in [-0.2, 0) is 0 Å². The van der Waals surface area contributed by atoms with Crippen molar-refractivity contribution in [3.8, 4) is 5.75 Å². The van der Waals surface area contributed by atoms with E-state index < -0.39 is 5.97 Å². The predicted octanol–water partition coefficient (Wildman–Crippen LogP) is 3.11. The average molecular weight is 282 g/mol. The lowest BCUT2D eigenvalue weighted by Crippen LogP contribution is -2.09. The van der Waals surface area contributed by atoms with Crippen molar-refractivity contribution in [2.24, 2.45) is 0 Å². The van der Waals surface area contributed by atoms with Crippen LogP contribution in [-0.4, -0.2) is 35.0 Å². The maximum atomic E-state index is 12.1. The van der Waals surface area contributed by atoms with Crippen molar-refractivity contribution in [3.05, 3.63) is 29.3 Å². The molecule has 1 aromatic carbocycles. The molecule has 0 fully saturated rings. The van der Waals surface area contributed by atoms with Gasteiger partial charge in [0.2, 0.25) is 0 Å². The van der Waals surface area contributed by atoms with Gasteiger partial charge in [-0.3, -0.25) is 4.79 Å². The zero-order valence-corrected chi connectivity index (χ0v) is 12.0. The van der Waals surface area contributed by atoms with Gasteiger partial charge in [0, 0.05) is 0 Å². The molecule has 0 spiro atoms. The van der Waals surface area contributed by atoms with Crippen molar-refractivity contribution in [1.82, 2.24) is 0 Å². The van der Waals surface area contributed by atoms with Crippen LogP contribution in [0.3, 0.4) is 0 Å². The predicted molar refractivity (Wildman–Crippen MR) is 76.5 cm³/mol. The normalized spacial score (nSPS) is 10.2. The second kappa shape index (κ2) is 7.84. The molecule has 0 aliphatic rings. The molecule has 0 bridgehead atoms. The number of rotatable bonds is 8. The molecule has 104 valence electrons. The molecule has 1 aromatic rings. The molecule has 0 atom stereocenters. The molecule has 4 nitrogen and oxygen atoms in total. The standard InChI is InChI=1S/C14H18O4S/c1-3-7-19-9-12(15)11-8-10(14(16)17)5-6-13(11)18-4-2/h5-6,8H,3-4,7,9H2,1-2H3,(H,16,17). The smallest absolute Gasteiger partial charge is 0.335 e. The highest BCUT2D eigenvalue weighted by Crippen LogP contribution is 2.22. The first kappa shape index (κ1) is 15.6. The van der Waals surface area contributed by atoms with E-state index in [2.05, 4.69) is 0 Å². The summed E-state index contributed by atoms with van der Waals surface area (Å²) in [5, 5.41) is 8.97. The van der Waals surface area contributed by atoms with Crippen molar-refractivity contribution in [3.63, 3.8) is 0 Å². The Morgan fingerprint density at radius 2 is 2.05 bits per heavy atom. The summed E-state index contributed by atoms with van der Waals surface area (Å²) < 4.78 is 5.38. The molecule has 0 aliphatic heterocycles. The first-order valence-electron chi connectivity index (χ1n) is 6.21. The second-order valence-corrected chi connectivity index (χ2v) is 5.03. The van der Waals surface area contributed by atoms with Gasteiger partial charge in [-0.05, 0) is 37.3 Å². The van der Waals surface area contributed by atoms with Gasteiger partial charge in [0.25, 0.3) is 0 Å². The topological polar surface area (TPSA) is 63.6 Å². The molecule has 0 radical (unpaired) electrons. The molecule has 0 aromatic heterocycles. The summed E-state index contributed by atoms with van der Waals surface area (Å²) >= 11 is 1.54. The molecule has 19 heavy (non-hydrogen) atoms. The fraction of sp³-hybridized carbons (Fsp3) is 0.429. The number of carboxylic acid groups (broad SMARTS) is 1. The molecular weight excluding hydrogens is 264 g/mol. The Bertz CT molecular complexity index is 457. The number of aromatic carboxylic acids is 1. The lowest BCUT2D eigenvalue weighted by atomic mass is 10.1. The first-order valence-corrected chi connectivity index (χ1v) is 7.36. The number of hydrogen-bond acceptors (Lipinski definition) is 4. The van der Waals surface area contributed by atoms with Crippen molar-refractivity contribution in [1.29, 1.82) is 0 Å². The lowest BCUT2D eigenvalue weighted by Gasteiger charge is -2.10. The summed E-state index contributed by atoms with van der Waals surface area (Å²) in [6.07, 6.45) is 1.01. The minimum atomic E-state index is -1.04. The van der Waals surface area contributed by atoms with E-state index in [1.165, 1.54) is 12.1 Å². The lowest BCUT2D eigenvalue weighted by molar-refractivity contribution is 0.0697. The Kier molecular flexibility index (Phi) is 6.42. The number of Topliss-reactive ketones (excluding diaryl/α,β-unsaturated/α-hetero) is 1. The number of ether oxygens (including phenoxy) is 1. The van der Waals surface area contributed by atoms with E-state index in [-0.39, 0.29) is 11.3 Å². The van der Waals surface area contributed by atoms with Gasteiger partial charge < -0.3 is 9.84 Å². The summed E-state index contributed by atoms with van der Waals surface area (Å²) in [6, 6.07) is 4.39. The van der Waals surface area contributed by atoms with Gasteiger partial charge >= 0.3 is 5.97 Å². The molecule has 0 heterocycles. The molecule has 1 rings (SSSR count). The summed E-state index contributed by atoms with van der Waals surface area (Å²) in [5.41, 5.74) is 0.456. The van der Waals surface area contributed by atoms with Crippen LogP contribution in [0.1, 0.15) is 41.0 Å². The summed E-state index contributed by atoms with van der Waals surface area (Å²) in [4.78, 5) is 23.0. The third kappa shape index (κ3) is 4.59. The molecule has 0 aliphatic carbocycles. The number of carbonyl (C=O) groups excluding carboxylic acids is 1. The van der Waals surface area contributed by atoms with Gasteiger partial charge in [-0.15, -0.1) is 0 Å². The van der Waals surface area contributed by atoms with Crippen LogP contribution in [0, 0.1) is 0 Å². The van der Waals surface area contributed by atoms with Gasteiger partial charge in [-0.2, -0.15) is 11.8 Å². The summed E-state index contributed by atoms with van der Waals surface area (Å²) in [6.45, 7) is 4.31. The van der Waals surface area contributed by atoms with Crippen LogP contribution in [0.4, 0.5) is 0 Å². The molecule has 0 unspecified atom stereocenters. The van der Waals surface area contributed by atoms with Crippen molar-refractivity contribution < 1.29 is 19.4 Å². The van der Waals surface area contributed by atoms with Crippen LogP contribution in [0.25, 0.3) is 0 Å². The Balaban J connectivity index is 2.95. The Morgan fingerprint density at radius 1 is 1.32 bits per heavy atom. The monoisotopic (exact) mass is 282 g/mol.